The minimum Gasteiger partial charge on any atom is -0.462 e. The van der Waals surface area contributed by atoms with Crippen LogP contribution in [-0.2, 0) is 21.8 Å². The van der Waals surface area contributed by atoms with Crippen LogP contribution in [0.15, 0.2) is 39.8 Å². The molecule has 30 heavy (non-hydrogen) atoms. The number of aryl methyl sites for hydroxylation is 1. The number of hydrogen-bond acceptors (Lipinski definition) is 5. The lowest BCUT2D eigenvalue weighted by molar-refractivity contribution is 0.0506. The molecule has 8 nitrogen and oxygen atoms in total. The van der Waals surface area contributed by atoms with E-state index in [0.29, 0.717) is 24.0 Å². The van der Waals surface area contributed by atoms with E-state index in [1.165, 1.54) is 21.1 Å². The van der Waals surface area contributed by atoms with Crippen molar-refractivity contribution in [2.45, 2.75) is 31.1 Å². The van der Waals surface area contributed by atoms with Crippen molar-refractivity contribution in [3.05, 3.63) is 46.2 Å². The molecular formula is C20H24BrN3O5S. The molecule has 162 valence electrons. The largest absolute Gasteiger partial charge is 0.462 e. The molecular weight excluding hydrogens is 474 g/mol. The van der Waals surface area contributed by atoms with Crippen molar-refractivity contribution in [2.24, 2.45) is 7.05 Å². The number of halogens is 1. The molecule has 10 heteroatoms. The number of aromatic nitrogens is 1. The predicted molar refractivity (Wildman–Crippen MR) is 116 cm³/mol. The van der Waals surface area contributed by atoms with E-state index >= 15 is 0 Å². The summed E-state index contributed by atoms with van der Waals surface area (Å²) in [6.45, 7) is 3.14. The van der Waals surface area contributed by atoms with Crippen LogP contribution >= 0.6 is 15.9 Å². The third kappa shape index (κ3) is 4.76. The van der Waals surface area contributed by atoms with Gasteiger partial charge in [-0.3, -0.25) is 4.79 Å². The molecule has 3 rings (SSSR count). The fourth-order valence-electron chi connectivity index (χ4n) is 3.23. The molecule has 1 aromatic carbocycles. The van der Waals surface area contributed by atoms with E-state index < -0.39 is 21.9 Å². The third-order valence-electron chi connectivity index (χ3n) is 4.80. The number of anilines is 1. The Morgan fingerprint density at radius 2 is 1.90 bits per heavy atom. The smallest absolute Gasteiger partial charge is 0.340 e. The molecule has 2 aromatic rings. The van der Waals surface area contributed by atoms with E-state index in [1.807, 2.05) is 6.92 Å². The van der Waals surface area contributed by atoms with E-state index in [9.17, 15) is 18.0 Å². The van der Waals surface area contributed by atoms with Gasteiger partial charge in [0.05, 0.1) is 17.9 Å². The van der Waals surface area contributed by atoms with Crippen LogP contribution in [0.5, 0.6) is 0 Å². The van der Waals surface area contributed by atoms with Gasteiger partial charge < -0.3 is 14.6 Å². The van der Waals surface area contributed by atoms with Crippen LogP contribution in [0.25, 0.3) is 0 Å². The Morgan fingerprint density at radius 3 is 2.57 bits per heavy atom. The van der Waals surface area contributed by atoms with Crippen LogP contribution in [0.4, 0.5) is 5.69 Å². The van der Waals surface area contributed by atoms with Crippen LogP contribution in [0.1, 0.15) is 47.0 Å². The van der Waals surface area contributed by atoms with E-state index in [-0.39, 0.29) is 28.4 Å². The first-order valence-electron chi connectivity index (χ1n) is 9.68. The molecule has 1 amide bonds. The second-order valence-electron chi connectivity index (χ2n) is 7.06. The molecule has 1 aromatic heterocycles. The van der Waals surface area contributed by atoms with Crippen LogP contribution in [0.2, 0.25) is 0 Å². The SMILES string of the molecule is CCCOC(=O)c1cc(Br)ccc1NC(=O)c1cc(S(=O)(=O)N2CCCC2)cn1C. The normalized spacial score (nSPS) is 14.6. The Hall–Kier alpha value is -2.17. The average Bonchev–Trinajstić information content (AvgIpc) is 3.38. The topological polar surface area (TPSA) is 97.7 Å². The van der Waals surface area contributed by atoms with Crippen molar-refractivity contribution in [3.8, 4) is 0 Å². The number of carbonyl (C=O) groups excluding carboxylic acids is 2. The van der Waals surface area contributed by atoms with Gasteiger partial charge in [-0.25, -0.2) is 13.2 Å². The van der Waals surface area contributed by atoms with Crippen LogP contribution in [0, 0.1) is 0 Å². The quantitative estimate of drug-likeness (QED) is 0.591. The standard InChI is InChI=1S/C20H24BrN3O5S/c1-3-10-29-20(26)16-11-14(21)6-7-17(16)22-19(25)18-12-15(13-23(18)2)30(27,28)24-8-4-5-9-24/h6-7,11-13H,3-5,8-10H2,1-2H3,(H,22,25). The molecule has 0 atom stereocenters. The van der Waals surface area contributed by atoms with Gasteiger partial charge in [0, 0.05) is 30.8 Å². The van der Waals surface area contributed by atoms with E-state index in [4.69, 9.17) is 4.74 Å². The van der Waals surface area contributed by atoms with Gasteiger partial charge >= 0.3 is 5.97 Å². The summed E-state index contributed by atoms with van der Waals surface area (Å²) in [5.74, 6) is -1.06. The third-order valence-corrected chi connectivity index (χ3v) is 7.16. The number of nitrogens with zero attached hydrogens (tertiary/aromatic N) is 2. The van der Waals surface area contributed by atoms with Crippen LogP contribution in [0.3, 0.4) is 0 Å². The number of sulfonamides is 1. The maximum atomic E-state index is 12.9. The number of esters is 1. The molecule has 0 bridgehead atoms. The number of rotatable bonds is 7. The van der Waals surface area contributed by atoms with Crippen molar-refractivity contribution in [1.82, 2.24) is 8.87 Å². The molecule has 2 heterocycles. The van der Waals surface area contributed by atoms with Crippen molar-refractivity contribution >= 4 is 43.5 Å². The molecule has 1 aliphatic heterocycles. The summed E-state index contributed by atoms with van der Waals surface area (Å²) < 4.78 is 34.3. The van der Waals surface area contributed by atoms with E-state index in [1.54, 1.807) is 25.2 Å². The zero-order valence-corrected chi connectivity index (χ0v) is 19.3. The van der Waals surface area contributed by atoms with Gasteiger partial charge in [0.25, 0.3) is 5.91 Å². The fourth-order valence-corrected chi connectivity index (χ4v) is 5.18. The minimum atomic E-state index is -3.63. The number of carbonyl (C=O) groups is 2. The minimum absolute atomic E-state index is 0.0791. The van der Waals surface area contributed by atoms with Crippen molar-refractivity contribution in [3.63, 3.8) is 0 Å². The highest BCUT2D eigenvalue weighted by atomic mass is 79.9. The van der Waals surface area contributed by atoms with Gasteiger partial charge in [-0.15, -0.1) is 0 Å². The Morgan fingerprint density at radius 1 is 1.20 bits per heavy atom. The van der Waals surface area contributed by atoms with Gasteiger partial charge in [0.1, 0.15) is 10.6 Å². The highest BCUT2D eigenvalue weighted by Gasteiger charge is 2.29. The maximum Gasteiger partial charge on any atom is 0.340 e. The predicted octanol–water partition coefficient (Wildman–Crippen LogP) is 3.39. The van der Waals surface area contributed by atoms with Crippen molar-refractivity contribution in [2.75, 3.05) is 25.0 Å². The van der Waals surface area contributed by atoms with Gasteiger partial charge in [-0.05, 0) is 43.5 Å². The monoisotopic (exact) mass is 497 g/mol. The summed E-state index contributed by atoms with van der Waals surface area (Å²) in [5.41, 5.74) is 0.670. The summed E-state index contributed by atoms with van der Waals surface area (Å²) >= 11 is 3.32. The Kier molecular flexibility index (Phi) is 6.99. The summed E-state index contributed by atoms with van der Waals surface area (Å²) in [7, 11) is -2.02. The first kappa shape index (κ1) is 22.5. The van der Waals surface area contributed by atoms with Crippen LogP contribution in [-0.4, -0.2) is 48.9 Å². The van der Waals surface area contributed by atoms with Crippen molar-refractivity contribution in [1.29, 1.82) is 0 Å². The van der Waals surface area contributed by atoms with Gasteiger partial charge in [0.2, 0.25) is 10.0 Å². The molecule has 0 spiro atoms. The van der Waals surface area contributed by atoms with Crippen molar-refractivity contribution < 1.29 is 22.7 Å². The summed E-state index contributed by atoms with van der Waals surface area (Å²) in [6.07, 6.45) is 3.78. The average molecular weight is 498 g/mol. The zero-order valence-electron chi connectivity index (χ0n) is 16.9. The number of ether oxygens (including phenoxy) is 1. The number of amides is 1. The summed E-state index contributed by atoms with van der Waals surface area (Å²) in [4.78, 5) is 25.3. The lowest BCUT2D eigenvalue weighted by atomic mass is 10.1. The Balaban J connectivity index is 1.85. The molecule has 0 saturated carbocycles. The number of benzene rings is 1. The zero-order chi connectivity index (χ0) is 21.9. The van der Waals surface area contributed by atoms with Gasteiger partial charge in [-0.1, -0.05) is 22.9 Å². The molecule has 0 aliphatic carbocycles. The lowest BCUT2D eigenvalue weighted by Gasteiger charge is -2.13. The second-order valence-corrected chi connectivity index (χ2v) is 9.92. The lowest BCUT2D eigenvalue weighted by Crippen LogP contribution is -2.27. The summed E-state index contributed by atoms with van der Waals surface area (Å²) in [6, 6.07) is 6.22. The molecule has 1 aliphatic rings. The Bertz CT molecular complexity index is 1060. The van der Waals surface area contributed by atoms with E-state index in [2.05, 4.69) is 21.2 Å². The van der Waals surface area contributed by atoms with Crippen LogP contribution < -0.4 is 5.32 Å². The molecule has 1 N–H and O–H groups in total. The Labute approximate surface area is 184 Å². The number of hydrogen-bond donors (Lipinski definition) is 1. The van der Waals surface area contributed by atoms with Gasteiger partial charge in [0.15, 0.2) is 0 Å². The fraction of sp³-hybridized carbons (Fsp3) is 0.400. The molecule has 1 fully saturated rings. The number of nitrogens with one attached hydrogen (secondary N) is 1. The molecule has 0 unspecified atom stereocenters. The first-order valence-corrected chi connectivity index (χ1v) is 11.9. The van der Waals surface area contributed by atoms with E-state index in [0.717, 1.165) is 12.8 Å². The molecule has 0 radical (unpaired) electrons. The second kappa shape index (κ2) is 9.32. The highest BCUT2D eigenvalue weighted by molar-refractivity contribution is 9.10. The van der Waals surface area contributed by atoms with Gasteiger partial charge in [-0.2, -0.15) is 4.31 Å². The summed E-state index contributed by atoms with van der Waals surface area (Å²) in [5, 5.41) is 2.70. The molecule has 1 saturated heterocycles. The highest BCUT2D eigenvalue weighted by Crippen LogP contribution is 2.25. The maximum absolute atomic E-state index is 12.9. The first-order chi connectivity index (χ1) is 14.2.